The Bertz CT molecular complexity index is 633. The Labute approximate surface area is 142 Å². The molecule has 1 aromatic rings. The normalized spacial score (nSPS) is 26.4. The molecule has 3 fully saturated rings. The molecule has 2 aliphatic heterocycles. The van der Waals surface area contributed by atoms with Crippen molar-refractivity contribution < 1.29 is 14.7 Å². The first-order valence-corrected chi connectivity index (χ1v) is 8.90. The van der Waals surface area contributed by atoms with E-state index in [1.807, 2.05) is 23.1 Å². The van der Waals surface area contributed by atoms with Gasteiger partial charge in [0.2, 0.25) is 5.91 Å². The van der Waals surface area contributed by atoms with E-state index in [1.54, 1.807) is 0 Å². The molecule has 24 heavy (non-hydrogen) atoms. The highest BCUT2D eigenvalue weighted by atomic mass is 16.4. The molecule has 2 heterocycles. The number of piperidine rings is 1. The van der Waals surface area contributed by atoms with Gasteiger partial charge < -0.3 is 10.0 Å². The van der Waals surface area contributed by atoms with Crippen LogP contribution in [0.3, 0.4) is 0 Å². The Balaban J connectivity index is 1.55. The van der Waals surface area contributed by atoms with E-state index in [2.05, 4.69) is 17.0 Å². The predicted octanol–water partition coefficient (Wildman–Crippen LogP) is 2.15. The third-order valence-corrected chi connectivity index (χ3v) is 5.90. The fourth-order valence-electron chi connectivity index (χ4n) is 4.44. The fraction of sp³-hybridized carbons (Fsp3) is 0.579. The summed E-state index contributed by atoms with van der Waals surface area (Å²) in [5.41, 5.74) is 0.912. The van der Waals surface area contributed by atoms with Gasteiger partial charge in [0.15, 0.2) is 0 Å². The Morgan fingerprint density at radius 2 is 1.83 bits per heavy atom. The van der Waals surface area contributed by atoms with Gasteiger partial charge in [-0.25, -0.2) is 0 Å². The lowest BCUT2D eigenvalue weighted by molar-refractivity contribution is -0.181. The Hall–Kier alpha value is -1.88. The molecular formula is C19H24N2O3. The lowest BCUT2D eigenvalue weighted by Crippen LogP contribution is -2.66. The number of aliphatic carboxylic acids is 1. The number of carbonyl (C=O) groups is 2. The van der Waals surface area contributed by atoms with Crippen LogP contribution in [-0.4, -0.2) is 53.0 Å². The van der Waals surface area contributed by atoms with E-state index in [-0.39, 0.29) is 18.0 Å². The number of rotatable bonds is 5. The summed E-state index contributed by atoms with van der Waals surface area (Å²) in [6.07, 6.45) is 4.01. The van der Waals surface area contributed by atoms with E-state index in [1.165, 1.54) is 18.4 Å². The standard InChI is InChI=1S/C19H24N2O3/c22-16(23)13-20-10-8-19(9-11-20)17(15-4-2-1-3-5-15)21(18(19)24)12-14-6-7-14/h1-5,14,17H,6-13H2,(H,22,23)/t17-/m1/s1. The smallest absolute Gasteiger partial charge is 0.317 e. The lowest BCUT2D eigenvalue weighted by atomic mass is 9.62. The van der Waals surface area contributed by atoms with Gasteiger partial charge in [-0.3, -0.25) is 14.5 Å². The largest absolute Gasteiger partial charge is 0.480 e. The Morgan fingerprint density at radius 3 is 2.42 bits per heavy atom. The van der Waals surface area contributed by atoms with Gasteiger partial charge in [0.05, 0.1) is 18.0 Å². The first-order valence-electron chi connectivity index (χ1n) is 8.90. The van der Waals surface area contributed by atoms with Crippen LogP contribution in [0.15, 0.2) is 30.3 Å². The summed E-state index contributed by atoms with van der Waals surface area (Å²) in [6.45, 7) is 2.35. The first-order chi connectivity index (χ1) is 11.6. The van der Waals surface area contributed by atoms with Crippen molar-refractivity contribution >= 4 is 11.9 Å². The maximum absolute atomic E-state index is 13.0. The van der Waals surface area contributed by atoms with Gasteiger partial charge in [0, 0.05) is 6.54 Å². The van der Waals surface area contributed by atoms with Crippen LogP contribution < -0.4 is 0 Å². The average molecular weight is 328 g/mol. The summed E-state index contributed by atoms with van der Waals surface area (Å²) in [7, 11) is 0. The van der Waals surface area contributed by atoms with Crippen LogP contribution in [0.2, 0.25) is 0 Å². The van der Waals surface area contributed by atoms with E-state index in [0.717, 1.165) is 19.4 Å². The van der Waals surface area contributed by atoms with Gasteiger partial charge in [-0.2, -0.15) is 0 Å². The molecule has 5 nitrogen and oxygen atoms in total. The zero-order chi connectivity index (χ0) is 16.7. The number of carboxylic acid groups (broad SMARTS) is 1. The maximum atomic E-state index is 13.0. The molecule has 1 atom stereocenters. The molecule has 4 rings (SSSR count). The van der Waals surface area contributed by atoms with E-state index in [0.29, 0.717) is 24.9 Å². The van der Waals surface area contributed by atoms with Crippen molar-refractivity contribution in [1.29, 1.82) is 0 Å². The van der Waals surface area contributed by atoms with Gasteiger partial charge >= 0.3 is 5.97 Å². The number of β-lactam (4-membered cyclic amide) rings is 1. The molecule has 3 aliphatic rings. The second kappa shape index (κ2) is 5.88. The predicted molar refractivity (Wildman–Crippen MR) is 89.4 cm³/mol. The Kier molecular flexibility index (Phi) is 3.83. The van der Waals surface area contributed by atoms with Gasteiger partial charge in [-0.15, -0.1) is 0 Å². The molecule has 2 saturated heterocycles. The molecule has 1 aromatic carbocycles. The molecule has 1 aliphatic carbocycles. The number of carboxylic acids is 1. The monoisotopic (exact) mass is 328 g/mol. The molecule has 0 unspecified atom stereocenters. The molecule has 0 radical (unpaired) electrons. The highest BCUT2D eigenvalue weighted by molar-refractivity contribution is 5.91. The van der Waals surface area contributed by atoms with Crippen molar-refractivity contribution in [2.75, 3.05) is 26.2 Å². The molecular weight excluding hydrogens is 304 g/mol. The summed E-state index contributed by atoms with van der Waals surface area (Å²) in [5.74, 6) is 0.184. The summed E-state index contributed by atoms with van der Waals surface area (Å²) >= 11 is 0. The molecule has 0 bridgehead atoms. The SMILES string of the molecule is O=C(O)CN1CCC2(CC1)C(=O)N(CC1CC1)[C@@H]2c1ccccc1. The third kappa shape index (κ3) is 2.61. The maximum Gasteiger partial charge on any atom is 0.317 e. The fourth-order valence-corrected chi connectivity index (χ4v) is 4.44. The number of amides is 1. The van der Waals surface area contributed by atoms with Crippen molar-refractivity contribution in [3.8, 4) is 0 Å². The highest BCUT2D eigenvalue weighted by Crippen LogP contribution is 2.56. The number of likely N-dealkylation sites (tertiary alicyclic amines) is 2. The number of nitrogens with zero attached hydrogens (tertiary/aromatic N) is 2. The number of benzene rings is 1. The van der Waals surface area contributed by atoms with Crippen LogP contribution in [0.5, 0.6) is 0 Å². The van der Waals surface area contributed by atoms with Crippen molar-refractivity contribution in [1.82, 2.24) is 9.80 Å². The van der Waals surface area contributed by atoms with Crippen molar-refractivity contribution in [3.05, 3.63) is 35.9 Å². The van der Waals surface area contributed by atoms with E-state index in [9.17, 15) is 9.59 Å². The molecule has 1 amide bonds. The third-order valence-electron chi connectivity index (χ3n) is 5.90. The summed E-state index contributed by atoms with van der Waals surface area (Å²) in [5, 5.41) is 8.98. The number of hydrogen-bond donors (Lipinski definition) is 1. The van der Waals surface area contributed by atoms with Crippen LogP contribution in [-0.2, 0) is 9.59 Å². The quantitative estimate of drug-likeness (QED) is 0.841. The van der Waals surface area contributed by atoms with Crippen LogP contribution in [0.1, 0.15) is 37.3 Å². The van der Waals surface area contributed by atoms with Crippen molar-refractivity contribution in [2.45, 2.75) is 31.7 Å². The van der Waals surface area contributed by atoms with Gasteiger partial charge in [0.1, 0.15) is 0 Å². The van der Waals surface area contributed by atoms with Crippen molar-refractivity contribution in [2.24, 2.45) is 11.3 Å². The highest BCUT2D eigenvalue weighted by Gasteiger charge is 2.61. The van der Waals surface area contributed by atoms with E-state index in [4.69, 9.17) is 5.11 Å². The lowest BCUT2D eigenvalue weighted by Gasteiger charge is -2.59. The molecule has 1 N–H and O–H groups in total. The minimum Gasteiger partial charge on any atom is -0.480 e. The number of hydrogen-bond acceptors (Lipinski definition) is 3. The summed E-state index contributed by atoms with van der Waals surface area (Å²) < 4.78 is 0. The van der Waals surface area contributed by atoms with E-state index >= 15 is 0 Å². The minimum atomic E-state index is -0.791. The molecule has 1 spiro atoms. The second-order valence-corrected chi connectivity index (χ2v) is 7.54. The van der Waals surface area contributed by atoms with Gasteiger partial charge in [-0.1, -0.05) is 30.3 Å². The topological polar surface area (TPSA) is 60.9 Å². The zero-order valence-corrected chi connectivity index (χ0v) is 13.9. The molecule has 5 heteroatoms. The average Bonchev–Trinajstić information content (AvgIpc) is 3.40. The van der Waals surface area contributed by atoms with Gasteiger partial charge in [-0.05, 0) is 50.3 Å². The summed E-state index contributed by atoms with van der Waals surface area (Å²) in [6, 6.07) is 10.5. The van der Waals surface area contributed by atoms with Crippen molar-refractivity contribution in [3.63, 3.8) is 0 Å². The van der Waals surface area contributed by atoms with Crippen LogP contribution >= 0.6 is 0 Å². The van der Waals surface area contributed by atoms with Crippen LogP contribution in [0.25, 0.3) is 0 Å². The second-order valence-electron chi connectivity index (χ2n) is 7.54. The van der Waals surface area contributed by atoms with Crippen LogP contribution in [0, 0.1) is 11.3 Å². The van der Waals surface area contributed by atoms with E-state index < -0.39 is 5.97 Å². The molecule has 1 saturated carbocycles. The number of carbonyl (C=O) groups excluding carboxylic acids is 1. The Morgan fingerprint density at radius 1 is 1.17 bits per heavy atom. The summed E-state index contributed by atoms with van der Waals surface area (Å²) in [4.78, 5) is 28.0. The molecule has 128 valence electrons. The first kappa shape index (κ1) is 15.6. The molecule has 0 aromatic heterocycles. The zero-order valence-electron chi connectivity index (χ0n) is 13.9. The van der Waals surface area contributed by atoms with Gasteiger partial charge in [0.25, 0.3) is 0 Å². The van der Waals surface area contributed by atoms with Crippen LogP contribution in [0.4, 0.5) is 0 Å². The minimum absolute atomic E-state index is 0.0755.